The van der Waals surface area contributed by atoms with Crippen LogP contribution in [0.1, 0.15) is 25.7 Å². The molecular formula is C13H22F3N3O. The van der Waals surface area contributed by atoms with Gasteiger partial charge < -0.3 is 15.1 Å². The summed E-state index contributed by atoms with van der Waals surface area (Å²) < 4.78 is 35.9. The summed E-state index contributed by atoms with van der Waals surface area (Å²) in [7, 11) is 0. The second-order valence-electron chi connectivity index (χ2n) is 5.57. The summed E-state index contributed by atoms with van der Waals surface area (Å²) in [5.41, 5.74) is 0. The summed E-state index contributed by atoms with van der Waals surface area (Å²) in [4.78, 5) is 15.9. The molecule has 0 aromatic carbocycles. The minimum absolute atomic E-state index is 0.228. The zero-order valence-electron chi connectivity index (χ0n) is 11.6. The van der Waals surface area contributed by atoms with Crippen LogP contribution < -0.4 is 5.32 Å². The van der Waals surface area contributed by atoms with Crippen molar-refractivity contribution in [3.05, 3.63) is 0 Å². The third-order valence-electron chi connectivity index (χ3n) is 4.08. The lowest BCUT2D eigenvalue weighted by atomic mass is 10.0. The molecule has 0 aromatic heterocycles. The van der Waals surface area contributed by atoms with Crippen LogP contribution in [0.25, 0.3) is 0 Å². The van der Waals surface area contributed by atoms with Crippen LogP contribution in [-0.2, 0) is 4.79 Å². The summed E-state index contributed by atoms with van der Waals surface area (Å²) in [5.74, 6) is -0.228. The minimum atomic E-state index is -4.26. The molecule has 2 fully saturated rings. The first-order valence-corrected chi connectivity index (χ1v) is 7.25. The highest BCUT2D eigenvalue weighted by molar-refractivity contribution is 5.78. The maximum absolute atomic E-state index is 12.0. The highest BCUT2D eigenvalue weighted by atomic mass is 19.4. The van der Waals surface area contributed by atoms with E-state index in [1.54, 1.807) is 4.90 Å². The van der Waals surface area contributed by atoms with Crippen LogP contribution in [-0.4, -0.2) is 67.2 Å². The molecule has 4 nitrogen and oxygen atoms in total. The lowest BCUT2D eigenvalue weighted by Gasteiger charge is -2.36. The van der Waals surface area contributed by atoms with Crippen molar-refractivity contribution in [1.82, 2.24) is 15.1 Å². The van der Waals surface area contributed by atoms with Gasteiger partial charge in [-0.05, 0) is 38.8 Å². The zero-order chi connectivity index (χ0) is 14.6. The maximum atomic E-state index is 12.0. The van der Waals surface area contributed by atoms with Crippen LogP contribution in [0.5, 0.6) is 0 Å². The van der Waals surface area contributed by atoms with Gasteiger partial charge in [0.05, 0.1) is 13.1 Å². The number of halogens is 3. The molecule has 0 unspecified atom stereocenters. The predicted molar refractivity (Wildman–Crippen MR) is 69.3 cm³/mol. The fourth-order valence-corrected chi connectivity index (χ4v) is 3.01. The Bertz CT molecular complexity index is 321. The van der Waals surface area contributed by atoms with Crippen LogP contribution in [0.2, 0.25) is 0 Å². The van der Waals surface area contributed by atoms with Crippen molar-refractivity contribution in [3.8, 4) is 0 Å². The summed E-state index contributed by atoms with van der Waals surface area (Å²) in [6.07, 6.45) is 0.111. The van der Waals surface area contributed by atoms with E-state index in [4.69, 9.17) is 0 Å². The molecule has 2 saturated heterocycles. The first kappa shape index (κ1) is 15.6. The molecule has 7 heteroatoms. The molecule has 0 bridgehead atoms. The van der Waals surface area contributed by atoms with E-state index in [1.807, 2.05) is 0 Å². The van der Waals surface area contributed by atoms with Crippen molar-refractivity contribution in [1.29, 1.82) is 0 Å². The zero-order valence-corrected chi connectivity index (χ0v) is 11.6. The molecule has 1 N–H and O–H groups in total. The van der Waals surface area contributed by atoms with E-state index in [0.29, 0.717) is 19.1 Å². The van der Waals surface area contributed by atoms with E-state index in [0.717, 1.165) is 25.9 Å². The molecule has 2 rings (SSSR count). The quantitative estimate of drug-likeness (QED) is 0.847. The van der Waals surface area contributed by atoms with Crippen molar-refractivity contribution in [2.24, 2.45) is 0 Å². The Morgan fingerprint density at radius 3 is 2.25 bits per heavy atom. The van der Waals surface area contributed by atoms with E-state index in [2.05, 4.69) is 10.2 Å². The first-order chi connectivity index (χ1) is 9.46. The van der Waals surface area contributed by atoms with E-state index in [1.165, 1.54) is 12.8 Å². The summed E-state index contributed by atoms with van der Waals surface area (Å²) in [6.45, 7) is 2.27. The van der Waals surface area contributed by atoms with E-state index < -0.39 is 12.7 Å². The Hall–Kier alpha value is -0.820. The van der Waals surface area contributed by atoms with Crippen molar-refractivity contribution in [2.75, 3.05) is 39.3 Å². The normalized spacial score (nSPS) is 22.4. The van der Waals surface area contributed by atoms with Gasteiger partial charge >= 0.3 is 6.18 Å². The molecule has 0 aliphatic carbocycles. The average molecular weight is 293 g/mol. The molecule has 2 aliphatic rings. The van der Waals surface area contributed by atoms with Crippen molar-refractivity contribution in [3.63, 3.8) is 0 Å². The number of likely N-dealkylation sites (tertiary alicyclic amines) is 2. The summed E-state index contributed by atoms with van der Waals surface area (Å²) >= 11 is 0. The SMILES string of the molecule is O=C(CNCC(F)(F)F)N1CCC(N2CCCC2)CC1. The number of hydrogen-bond acceptors (Lipinski definition) is 3. The number of nitrogens with zero attached hydrogens (tertiary/aromatic N) is 2. The molecule has 1 amide bonds. The molecule has 0 saturated carbocycles. The van der Waals surface area contributed by atoms with Crippen LogP contribution in [0, 0.1) is 0 Å². The highest BCUT2D eigenvalue weighted by Gasteiger charge is 2.29. The Balaban J connectivity index is 1.66. The topological polar surface area (TPSA) is 35.6 Å². The van der Waals surface area contributed by atoms with Gasteiger partial charge in [-0.1, -0.05) is 0 Å². The molecule has 0 spiro atoms. The Morgan fingerprint density at radius 1 is 1.10 bits per heavy atom. The predicted octanol–water partition coefficient (Wildman–Crippen LogP) is 1.23. The van der Waals surface area contributed by atoms with Gasteiger partial charge in [-0.3, -0.25) is 4.79 Å². The van der Waals surface area contributed by atoms with Crippen LogP contribution in [0.15, 0.2) is 0 Å². The van der Waals surface area contributed by atoms with Gasteiger partial charge in [0.25, 0.3) is 0 Å². The summed E-state index contributed by atoms with van der Waals surface area (Å²) in [5, 5.41) is 2.16. The second-order valence-corrected chi connectivity index (χ2v) is 5.57. The van der Waals surface area contributed by atoms with Crippen LogP contribution >= 0.6 is 0 Å². The second kappa shape index (κ2) is 6.76. The molecule has 116 valence electrons. The van der Waals surface area contributed by atoms with Crippen LogP contribution in [0.3, 0.4) is 0 Å². The van der Waals surface area contributed by atoms with Gasteiger partial charge in [0.1, 0.15) is 0 Å². The lowest BCUT2D eigenvalue weighted by Crippen LogP contribution is -2.48. The lowest BCUT2D eigenvalue weighted by molar-refractivity contribution is -0.135. The third kappa shape index (κ3) is 4.63. The van der Waals surface area contributed by atoms with E-state index >= 15 is 0 Å². The van der Waals surface area contributed by atoms with Crippen molar-refractivity contribution < 1.29 is 18.0 Å². The van der Waals surface area contributed by atoms with Gasteiger partial charge in [-0.15, -0.1) is 0 Å². The van der Waals surface area contributed by atoms with E-state index in [9.17, 15) is 18.0 Å². The number of carbonyl (C=O) groups excluding carboxylic acids is 1. The number of alkyl halides is 3. The number of piperidine rings is 1. The Kier molecular flexibility index (Phi) is 5.26. The Labute approximate surface area is 117 Å². The third-order valence-corrected chi connectivity index (χ3v) is 4.08. The number of amides is 1. The Morgan fingerprint density at radius 2 is 1.70 bits per heavy atom. The number of hydrogen-bond donors (Lipinski definition) is 1. The van der Waals surface area contributed by atoms with Gasteiger partial charge in [-0.2, -0.15) is 13.2 Å². The van der Waals surface area contributed by atoms with Gasteiger partial charge in [0.15, 0.2) is 0 Å². The molecule has 2 aliphatic heterocycles. The molecule has 2 heterocycles. The standard InChI is InChI=1S/C13H22F3N3O/c14-13(15,16)10-17-9-12(20)19-7-3-11(4-8-19)18-5-1-2-6-18/h11,17H,1-10H2. The molecule has 20 heavy (non-hydrogen) atoms. The van der Waals surface area contributed by atoms with E-state index in [-0.39, 0.29) is 12.5 Å². The number of rotatable bonds is 4. The van der Waals surface area contributed by atoms with Crippen molar-refractivity contribution >= 4 is 5.91 Å². The summed E-state index contributed by atoms with van der Waals surface area (Å²) in [6, 6.07) is 0.546. The number of nitrogens with one attached hydrogen (secondary N) is 1. The molecular weight excluding hydrogens is 271 g/mol. The van der Waals surface area contributed by atoms with Gasteiger partial charge in [0, 0.05) is 19.1 Å². The molecule has 0 aromatic rings. The van der Waals surface area contributed by atoms with Crippen LogP contribution in [0.4, 0.5) is 13.2 Å². The van der Waals surface area contributed by atoms with Crippen molar-refractivity contribution in [2.45, 2.75) is 37.9 Å². The number of carbonyl (C=O) groups is 1. The minimum Gasteiger partial charge on any atom is -0.341 e. The molecule has 0 radical (unpaired) electrons. The first-order valence-electron chi connectivity index (χ1n) is 7.25. The molecule has 0 atom stereocenters. The monoisotopic (exact) mass is 293 g/mol. The maximum Gasteiger partial charge on any atom is 0.401 e. The van der Waals surface area contributed by atoms with Gasteiger partial charge in [0.2, 0.25) is 5.91 Å². The fraction of sp³-hybridized carbons (Fsp3) is 0.923. The largest absolute Gasteiger partial charge is 0.401 e. The fourth-order valence-electron chi connectivity index (χ4n) is 3.01. The average Bonchev–Trinajstić information content (AvgIpc) is 2.91. The highest BCUT2D eigenvalue weighted by Crippen LogP contribution is 2.21. The smallest absolute Gasteiger partial charge is 0.341 e. The van der Waals surface area contributed by atoms with Gasteiger partial charge in [-0.25, -0.2) is 0 Å².